The summed E-state index contributed by atoms with van der Waals surface area (Å²) in [5.41, 5.74) is 2.96. The van der Waals surface area contributed by atoms with Crippen LogP contribution in [0.5, 0.6) is 0 Å². The van der Waals surface area contributed by atoms with Gasteiger partial charge in [-0.05, 0) is 63.0 Å². The molecule has 3 nitrogen and oxygen atoms in total. The largest absolute Gasteiger partial charge is 0.388 e. The fourth-order valence-corrected chi connectivity index (χ4v) is 3.98. The van der Waals surface area contributed by atoms with E-state index in [4.69, 9.17) is 4.98 Å². The van der Waals surface area contributed by atoms with Gasteiger partial charge in [0, 0.05) is 10.8 Å². The molecular formula is C25H34N2O. The Morgan fingerprint density at radius 1 is 0.786 bits per heavy atom. The number of nitrogens with zero attached hydrogens (tertiary/aromatic N) is 2. The SMILES string of the molecule is CCCCN(CCCC)CCC[C@@H](O)c1c2ccccc2nc2ccccc12. The van der Waals surface area contributed by atoms with E-state index in [1.807, 2.05) is 36.4 Å². The van der Waals surface area contributed by atoms with Crippen LogP contribution in [-0.2, 0) is 0 Å². The lowest BCUT2D eigenvalue weighted by atomic mass is 9.95. The molecule has 2 aromatic carbocycles. The molecule has 0 spiro atoms. The summed E-state index contributed by atoms with van der Waals surface area (Å²) in [7, 11) is 0. The standard InChI is InChI=1S/C25H34N2O/c1-3-5-17-27(18-6-4-2)19-11-16-24(28)25-20-12-7-9-14-22(20)26-23-15-10-8-13-21(23)25/h7-10,12-15,24,28H,3-6,11,16-19H2,1-2H3/t24-/m1/s1. The molecule has 0 saturated heterocycles. The first-order valence-corrected chi connectivity index (χ1v) is 10.9. The zero-order chi connectivity index (χ0) is 19.8. The van der Waals surface area contributed by atoms with E-state index in [-0.39, 0.29) is 0 Å². The molecule has 0 unspecified atom stereocenters. The fourth-order valence-electron chi connectivity index (χ4n) is 3.98. The van der Waals surface area contributed by atoms with Crippen molar-refractivity contribution in [3.8, 4) is 0 Å². The summed E-state index contributed by atoms with van der Waals surface area (Å²) in [6.07, 6.45) is 6.32. The third-order valence-electron chi connectivity index (χ3n) is 5.57. The van der Waals surface area contributed by atoms with Crippen molar-refractivity contribution in [1.82, 2.24) is 9.88 Å². The van der Waals surface area contributed by atoms with Gasteiger partial charge in [0.25, 0.3) is 0 Å². The molecule has 3 aromatic rings. The van der Waals surface area contributed by atoms with Crippen molar-refractivity contribution in [3.05, 3.63) is 54.1 Å². The number of hydrogen-bond donors (Lipinski definition) is 1. The number of hydrogen-bond acceptors (Lipinski definition) is 3. The molecule has 3 heteroatoms. The molecule has 28 heavy (non-hydrogen) atoms. The van der Waals surface area contributed by atoms with Gasteiger partial charge in [0.2, 0.25) is 0 Å². The molecule has 0 aliphatic rings. The number of aliphatic hydroxyl groups is 1. The van der Waals surface area contributed by atoms with E-state index in [1.165, 1.54) is 38.8 Å². The molecule has 0 bridgehead atoms. The van der Waals surface area contributed by atoms with Gasteiger partial charge in [-0.1, -0.05) is 63.1 Å². The molecule has 150 valence electrons. The molecule has 0 radical (unpaired) electrons. The van der Waals surface area contributed by atoms with Crippen LogP contribution < -0.4 is 0 Å². The second-order valence-corrected chi connectivity index (χ2v) is 7.77. The molecule has 0 fully saturated rings. The van der Waals surface area contributed by atoms with E-state index in [0.717, 1.165) is 46.8 Å². The van der Waals surface area contributed by atoms with Crippen molar-refractivity contribution in [1.29, 1.82) is 0 Å². The number of aromatic nitrogens is 1. The third-order valence-corrected chi connectivity index (χ3v) is 5.57. The average Bonchev–Trinajstić information content (AvgIpc) is 2.73. The van der Waals surface area contributed by atoms with Gasteiger partial charge in [-0.2, -0.15) is 0 Å². The number of rotatable bonds is 11. The molecule has 0 amide bonds. The highest BCUT2D eigenvalue weighted by atomic mass is 16.3. The molecule has 1 N–H and O–H groups in total. The highest BCUT2D eigenvalue weighted by Crippen LogP contribution is 2.32. The topological polar surface area (TPSA) is 36.4 Å². The second-order valence-electron chi connectivity index (χ2n) is 7.77. The summed E-state index contributed by atoms with van der Waals surface area (Å²) >= 11 is 0. The second kappa shape index (κ2) is 10.5. The van der Waals surface area contributed by atoms with Gasteiger partial charge >= 0.3 is 0 Å². The van der Waals surface area contributed by atoms with Gasteiger partial charge < -0.3 is 10.0 Å². The summed E-state index contributed by atoms with van der Waals surface area (Å²) in [6.45, 7) is 7.92. The van der Waals surface area contributed by atoms with Gasteiger partial charge in [-0.3, -0.25) is 0 Å². The minimum Gasteiger partial charge on any atom is -0.388 e. The van der Waals surface area contributed by atoms with Crippen molar-refractivity contribution in [2.24, 2.45) is 0 Å². The molecule has 0 saturated carbocycles. The lowest BCUT2D eigenvalue weighted by molar-refractivity contribution is 0.157. The van der Waals surface area contributed by atoms with Crippen LogP contribution in [0.1, 0.15) is 64.0 Å². The Labute approximate surface area is 169 Å². The van der Waals surface area contributed by atoms with Gasteiger partial charge in [-0.15, -0.1) is 0 Å². The summed E-state index contributed by atoms with van der Waals surface area (Å²) in [5, 5.41) is 13.3. The van der Waals surface area contributed by atoms with Gasteiger partial charge in [0.05, 0.1) is 17.1 Å². The predicted octanol–water partition coefficient (Wildman–Crippen LogP) is 6.10. The van der Waals surface area contributed by atoms with Crippen LogP contribution in [0.3, 0.4) is 0 Å². The van der Waals surface area contributed by atoms with Crippen molar-refractivity contribution in [2.45, 2.75) is 58.5 Å². The smallest absolute Gasteiger partial charge is 0.0803 e. The van der Waals surface area contributed by atoms with Crippen LogP contribution in [0.4, 0.5) is 0 Å². The number of benzene rings is 2. The molecule has 1 aromatic heterocycles. The van der Waals surface area contributed by atoms with Crippen LogP contribution in [0.25, 0.3) is 21.8 Å². The van der Waals surface area contributed by atoms with E-state index in [0.29, 0.717) is 0 Å². The van der Waals surface area contributed by atoms with Crippen LogP contribution in [0, 0.1) is 0 Å². The minimum atomic E-state index is -0.461. The molecule has 0 aliphatic carbocycles. The van der Waals surface area contributed by atoms with Gasteiger partial charge in [-0.25, -0.2) is 4.98 Å². The normalized spacial score (nSPS) is 12.9. The van der Waals surface area contributed by atoms with Crippen molar-refractivity contribution >= 4 is 21.8 Å². The Balaban J connectivity index is 1.76. The molecular weight excluding hydrogens is 344 g/mol. The Morgan fingerprint density at radius 3 is 1.82 bits per heavy atom. The lowest BCUT2D eigenvalue weighted by Gasteiger charge is -2.23. The molecule has 1 atom stereocenters. The van der Waals surface area contributed by atoms with E-state index >= 15 is 0 Å². The summed E-state index contributed by atoms with van der Waals surface area (Å²) in [4.78, 5) is 7.35. The van der Waals surface area contributed by atoms with Gasteiger partial charge in [0.15, 0.2) is 0 Å². The van der Waals surface area contributed by atoms with Crippen molar-refractivity contribution < 1.29 is 5.11 Å². The van der Waals surface area contributed by atoms with E-state index in [2.05, 4.69) is 30.9 Å². The Morgan fingerprint density at radius 2 is 1.29 bits per heavy atom. The van der Waals surface area contributed by atoms with Crippen molar-refractivity contribution in [2.75, 3.05) is 19.6 Å². The summed E-state index contributed by atoms with van der Waals surface area (Å²) in [6, 6.07) is 16.3. The summed E-state index contributed by atoms with van der Waals surface area (Å²) in [5.74, 6) is 0. The fraction of sp³-hybridized carbons (Fsp3) is 0.480. The highest BCUT2D eigenvalue weighted by Gasteiger charge is 2.16. The van der Waals surface area contributed by atoms with E-state index in [9.17, 15) is 5.11 Å². The van der Waals surface area contributed by atoms with Crippen LogP contribution in [0.2, 0.25) is 0 Å². The first kappa shape index (κ1) is 20.8. The molecule has 0 aliphatic heterocycles. The van der Waals surface area contributed by atoms with Crippen molar-refractivity contribution in [3.63, 3.8) is 0 Å². The predicted molar refractivity (Wildman–Crippen MR) is 120 cm³/mol. The van der Waals surface area contributed by atoms with Crippen LogP contribution in [-0.4, -0.2) is 34.6 Å². The minimum absolute atomic E-state index is 0.461. The quantitative estimate of drug-likeness (QED) is 0.409. The number of para-hydroxylation sites is 2. The Hall–Kier alpha value is -1.97. The number of fused-ring (bicyclic) bond motifs is 2. The van der Waals surface area contributed by atoms with Crippen LogP contribution in [0.15, 0.2) is 48.5 Å². The maximum absolute atomic E-state index is 11.1. The zero-order valence-corrected chi connectivity index (χ0v) is 17.4. The van der Waals surface area contributed by atoms with E-state index in [1.54, 1.807) is 0 Å². The maximum Gasteiger partial charge on any atom is 0.0803 e. The first-order chi connectivity index (χ1) is 13.7. The van der Waals surface area contributed by atoms with Crippen LogP contribution >= 0.6 is 0 Å². The van der Waals surface area contributed by atoms with E-state index < -0.39 is 6.10 Å². The average molecular weight is 379 g/mol. The van der Waals surface area contributed by atoms with Gasteiger partial charge in [0.1, 0.15) is 0 Å². The number of unbranched alkanes of at least 4 members (excludes halogenated alkanes) is 2. The Bertz CT molecular complexity index is 815. The lowest BCUT2D eigenvalue weighted by Crippen LogP contribution is -2.27. The Kier molecular flexibility index (Phi) is 7.81. The maximum atomic E-state index is 11.1. The zero-order valence-electron chi connectivity index (χ0n) is 17.4. The monoisotopic (exact) mass is 378 g/mol. The molecule has 1 heterocycles. The number of pyridine rings is 1. The number of aliphatic hydroxyl groups excluding tert-OH is 1. The highest BCUT2D eigenvalue weighted by molar-refractivity contribution is 5.97. The molecule has 3 rings (SSSR count). The first-order valence-electron chi connectivity index (χ1n) is 10.9. The summed E-state index contributed by atoms with van der Waals surface area (Å²) < 4.78 is 0. The third kappa shape index (κ3) is 5.09.